The predicted molar refractivity (Wildman–Crippen MR) is 84.4 cm³/mol. The summed E-state index contributed by atoms with van der Waals surface area (Å²) >= 11 is 0. The van der Waals surface area contributed by atoms with Gasteiger partial charge in [-0.3, -0.25) is 5.10 Å². The minimum absolute atomic E-state index is 0.357. The van der Waals surface area contributed by atoms with E-state index in [4.69, 9.17) is 10.7 Å². The largest absolute Gasteiger partial charge is 0.367 e. The van der Waals surface area contributed by atoms with E-state index in [1.54, 1.807) is 10.7 Å². The average molecular weight is 297 g/mol. The van der Waals surface area contributed by atoms with Gasteiger partial charge in [0.2, 0.25) is 0 Å². The summed E-state index contributed by atoms with van der Waals surface area (Å²) in [5.41, 5.74) is 8.76. The van der Waals surface area contributed by atoms with E-state index in [2.05, 4.69) is 20.6 Å². The number of hydrogen-bond acceptors (Lipinski definition) is 5. The molecule has 114 valence electrons. The van der Waals surface area contributed by atoms with Crippen LogP contribution in [-0.2, 0) is 0 Å². The molecule has 0 aromatic carbocycles. The fourth-order valence-electron chi connectivity index (χ4n) is 3.02. The van der Waals surface area contributed by atoms with Crippen LogP contribution >= 0.6 is 0 Å². The van der Waals surface area contributed by atoms with Gasteiger partial charge in [0, 0.05) is 35.6 Å². The van der Waals surface area contributed by atoms with Crippen molar-refractivity contribution < 1.29 is 0 Å². The number of nitrogens with two attached hydrogens (primary N) is 1. The topological polar surface area (TPSA) is 96.9 Å². The molecule has 0 unspecified atom stereocenters. The lowest BCUT2D eigenvalue weighted by Crippen LogP contribution is -2.33. The Bertz CT molecular complexity index is 753. The number of nitrogens with zero attached hydrogens (tertiary/aromatic N) is 4. The first kappa shape index (κ1) is 13.3. The van der Waals surface area contributed by atoms with Gasteiger partial charge in [0.1, 0.15) is 5.82 Å². The molecule has 1 saturated carbocycles. The van der Waals surface area contributed by atoms with Crippen molar-refractivity contribution in [1.29, 1.82) is 0 Å². The molecule has 4 N–H and O–H groups in total. The molecule has 3 aromatic rings. The number of fused-ring (bicyclic) bond motifs is 1. The number of rotatable bonds is 3. The van der Waals surface area contributed by atoms with Crippen LogP contribution < -0.4 is 11.1 Å². The van der Waals surface area contributed by atoms with Gasteiger partial charge < -0.3 is 11.1 Å². The maximum Gasteiger partial charge on any atom is 0.165 e. The van der Waals surface area contributed by atoms with Crippen LogP contribution in [-0.4, -0.2) is 36.9 Å². The van der Waals surface area contributed by atoms with Crippen molar-refractivity contribution in [3.8, 4) is 11.1 Å². The molecule has 0 spiro atoms. The molecule has 0 saturated heterocycles. The van der Waals surface area contributed by atoms with Crippen molar-refractivity contribution in [3.05, 3.63) is 30.9 Å². The van der Waals surface area contributed by atoms with Gasteiger partial charge in [0.25, 0.3) is 0 Å². The lowest BCUT2D eigenvalue weighted by Gasteiger charge is -2.27. The average Bonchev–Trinajstić information content (AvgIpc) is 3.18. The Hall–Kier alpha value is -2.41. The third kappa shape index (κ3) is 2.43. The molecule has 4 rings (SSSR count). The Morgan fingerprint density at radius 3 is 2.86 bits per heavy atom. The summed E-state index contributed by atoms with van der Waals surface area (Å²) in [7, 11) is 0. The molecule has 7 heteroatoms. The Morgan fingerprint density at radius 1 is 1.23 bits per heavy atom. The van der Waals surface area contributed by atoms with E-state index in [0.717, 1.165) is 48.3 Å². The number of nitrogens with one attached hydrogen (secondary N) is 2. The van der Waals surface area contributed by atoms with Crippen LogP contribution in [0.2, 0.25) is 0 Å². The number of aromatic amines is 1. The van der Waals surface area contributed by atoms with E-state index in [-0.39, 0.29) is 0 Å². The Labute approximate surface area is 127 Å². The SMILES string of the molecule is NC1CCC(Nc2ccn3ncc(-c4cn[nH]c4)c3n2)CC1. The molecule has 0 bridgehead atoms. The van der Waals surface area contributed by atoms with E-state index >= 15 is 0 Å². The van der Waals surface area contributed by atoms with Gasteiger partial charge in [-0.2, -0.15) is 10.2 Å². The van der Waals surface area contributed by atoms with Crippen molar-refractivity contribution >= 4 is 11.5 Å². The molecule has 0 radical (unpaired) electrons. The third-order valence-electron chi connectivity index (χ3n) is 4.30. The van der Waals surface area contributed by atoms with Gasteiger partial charge in [-0.25, -0.2) is 9.50 Å². The molecular formula is C15H19N7. The van der Waals surface area contributed by atoms with E-state index < -0.39 is 0 Å². The van der Waals surface area contributed by atoms with Gasteiger partial charge >= 0.3 is 0 Å². The van der Waals surface area contributed by atoms with Crippen molar-refractivity contribution in [1.82, 2.24) is 24.8 Å². The van der Waals surface area contributed by atoms with Gasteiger partial charge in [0.05, 0.1) is 12.4 Å². The molecule has 0 atom stereocenters. The van der Waals surface area contributed by atoms with Crippen molar-refractivity contribution in [2.75, 3.05) is 5.32 Å². The maximum absolute atomic E-state index is 5.96. The minimum Gasteiger partial charge on any atom is -0.367 e. The first-order valence-corrected chi connectivity index (χ1v) is 7.65. The zero-order valence-electron chi connectivity index (χ0n) is 12.2. The zero-order chi connectivity index (χ0) is 14.9. The summed E-state index contributed by atoms with van der Waals surface area (Å²) in [6, 6.07) is 2.78. The quantitative estimate of drug-likeness (QED) is 0.685. The summed E-state index contributed by atoms with van der Waals surface area (Å²) in [6.07, 6.45) is 11.7. The normalized spacial score (nSPS) is 22.0. The van der Waals surface area contributed by atoms with Crippen LogP contribution in [0.25, 0.3) is 16.8 Å². The molecule has 1 aliphatic rings. The summed E-state index contributed by atoms with van der Waals surface area (Å²) in [4.78, 5) is 4.72. The molecule has 1 fully saturated rings. The molecule has 0 aliphatic heterocycles. The van der Waals surface area contributed by atoms with Crippen LogP contribution in [0, 0.1) is 0 Å². The van der Waals surface area contributed by atoms with Crippen LogP contribution in [0.15, 0.2) is 30.9 Å². The highest BCUT2D eigenvalue weighted by Crippen LogP contribution is 2.24. The Morgan fingerprint density at radius 2 is 2.09 bits per heavy atom. The second-order valence-corrected chi connectivity index (χ2v) is 5.88. The fraction of sp³-hybridized carbons (Fsp3) is 0.400. The second-order valence-electron chi connectivity index (χ2n) is 5.88. The second kappa shape index (κ2) is 5.42. The lowest BCUT2D eigenvalue weighted by atomic mass is 9.92. The summed E-state index contributed by atoms with van der Waals surface area (Å²) in [5, 5.41) is 14.7. The Kier molecular flexibility index (Phi) is 3.27. The highest BCUT2D eigenvalue weighted by atomic mass is 15.3. The van der Waals surface area contributed by atoms with E-state index in [1.807, 2.05) is 24.7 Å². The van der Waals surface area contributed by atoms with E-state index in [9.17, 15) is 0 Å². The number of H-pyrrole nitrogens is 1. The standard InChI is InChI=1S/C15H19N7/c16-11-1-3-12(4-2-11)20-14-5-6-22-15(21-14)13(9-19-22)10-7-17-18-8-10/h5-9,11-12H,1-4,16H2,(H,17,18)(H,20,21). The molecule has 22 heavy (non-hydrogen) atoms. The molecule has 3 heterocycles. The minimum atomic E-state index is 0.357. The van der Waals surface area contributed by atoms with Gasteiger partial charge in [-0.1, -0.05) is 0 Å². The van der Waals surface area contributed by atoms with Crippen LogP contribution in [0.1, 0.15) is 25.7 Å². The van der Waals surface area contributed by atoms with Crippen molar-refractivity contribution in [3.63, 3.8) is 0 Å². The lowest BCUT2D eigenvalue weighted by molar-refractivity contribution is 0.410. The number of aromatic nitrogens is 5. The van der Waals surface area contributed by atoms with E-state index in [0.29, 0.717) is 12.1 Å². The van der Waals surface area contributed by atoms with Gasteiger partial charge in [0.15, 0.2) is 5.65 Å². The smallest absolute Gasteiger partial charge is 0.165 e. The predicted octanol–water partition coefficient (Wildman–Crippen LogP) is 1.80. The number of anilines is 1. The molecule has 1 aliphatic carbocycles. The molecule has 0 amide bonds. The molecular weight excluding hydrogens is 278 g/mol. The van der Waals surface area contributed by atoms with Crippen LogP contribution in [0.3, 0.4) is 0 Å². The summed E-state index contributed by atoms with van der Waals surface area (Å²) in [6.45, 7) is 0. The van der Waals surface area contributed by atoms with Gasteiger partial charge in [-0.05, 0) is 31.7 Å². The Balaban J connectivity index is 1.61. The van der Waals surface area contributed by atoms with Crippen molar-refractivity contribution in [2.45, 2.75) is 37.8 Å². The fourth-order valence-corrected chi connectivity index (χ4v) is 3.02. The summed E-state index contributed by atoms with van der Waals surface area (Å²) in [5.74, 6) is 0.887. The van der Waals surface area contributed by atoms with Gasteiger partial charge in [-0.15, -0.1) is 0 Å². The van der Waals surface area contributed by atoms with Crippen molar-refractivity contribution in [2.24, 2.45) is 5.73 Å². The summed E-state index contributed by atoms with van der Waals surface area (Å²) < 4.78 is 1.78. The maximum atomic E-state index is 5.96. The monoisotopic (exact) mass is 297 g/mol. The molecule has 7 nitrogen and oxygen atoms in total. The third-order valence-corrected chi connectivity index (χ3v) is 4.30. The van der Waals surface area contributed by atoms with Crippen LogP contribution in [0.4, 0.5) is 5.82 Å². The first-order valence-electron chi connectivity index (χ1n) is 7.65. The zero-order valence-corrected chi connectivity index (χ0v) is 12.2. The highest BCUT2D eigenvalue weighted by molar-refractivity contribution is 5.76. The highest BCUT2D eigenvalue weighted by Gasteiger charge is 2.19. The first-order chi connectivity index (χ1) is 10.8. The number of hydrogen-bond donors (Lipinski definition) is 3. The van der Waals surface area contributed by atoms with Crippen LogP contribution in [0.5, 0.6) is 0 Å². The molecule has 3 aromatic heterocycles. The van der Waals surface area contributed by atoms with E-state index in [1.165, 1.54) is 0 Å².